The van der Waals surface area contributed by atoms with Crippen molar-refractivity contribution in [1.82, 2.24) is 10.2 Å². The second kappa shape index (κ2) is 12.2. The maximum Gasteiger partial charge on any atom is 0.261 e. The molecule has 162 valence electrons. The highest BCUT2D eigenvalue weighted by molar-refractivity contribution is 6.30. The van der Waals surface area contributed by atoms with Gasteiger partial charge in [0, 0.05) is 18.1 Å². The molecule has 0 saturated carbocycles. The first-order valence-corrected chi connectivity index (χ1v) is 10.8. The zero-order chi connectivity index (χ0) is 21.9. The number of hydrogen-bond donors (Lipinski definition) is 1. The van der Waals surface area contributed by atoms with Crippen LogP contribution in [-0.4, -0.2) is 35.9 Å². The molecule has 0 fully saturated rings. The molecule has 2 aromatic rings. The molecule has 0 bridgehead atoms. The Morgan fingerprint density at radius 3 is 2.43 bits per heavy atom. The van der Waals surface area contributed by atoms with Crippen LogP contribution in [0.15, 0.2) is 48.5 Å². The molecule has 0 aliphatic heterocycles. The van der Waals surface area contributed by atoms with Crippen molar-refractivity contribution in [3.63, 3.8) is 0 Å². The maximum atomic E-state index is 13.1. The lowest BCUT2D eigenvalue weighted by Gasteiger charge is -2.30. The summed E-state index contributed by atoms with van der Waals surface area (Å²) in [5.74, 6) is 0.299. The van der Waals surface area contributed by atoms with Crippen molar-refractivity contribution in [2.75, 3.05) is 13.2 Å². The molecular weight excluding hydrogens is 400 g/mol. The number of halogens is 1. The highest BCUT2D eigenvalue weighted by atomic mass is 35.5. The number of ether oxygens (including phenoxy) is 1. The highest BCUT2D eigenvalue weighted by Crippen LogP contribution is 2.18. The molecule has 0 aliphatic carbocycles. The predicted molar refractivity (Wildman–Crippen MR) is 121 cm³/mol. The van der Waals surface area contributed by atoms with Crippen LogP contribution in [0.25, 0.3) is 0 Å². The Labute approximate surface area is 184 Å². The Balaban J connectivity index is 2.17. The van der Waals surface area contributed by atoms with Gasteiger partial charge in [0.1, 0.15) is 11.8 Å². The molecule has 0 aromatic heterocycles. The number of aryl methyl sites for hydroxylation is 1. The third kappa shape index (κ3) is 7.06. The minimum absolute atomic E-state index is 0.128. The van der Waals surface area contributed by atoms with E-state index in [0.29, 0.717) is 30.3 Å². The Kier molecular flexibility index (Phi) is 9.68. The summed E-state index contributed by atoms with van der Waals surface area (Å²) in [5.41, 5.74) is 1.86. The third-order valence-electron chi connectivity index (χ3n) is 4.93. The summed E-state index contributed by atoms with van der Waals surface area (Å²) in [5, 5.41) is 3.58. The standard InChI is InChI=1S/C24H31ClN2O3/c1-4-6-15-26-24(29)21(5-2)27(16-19-11-13-20(25)14-12-19)23(28)17-30-22-10-8-7-9-18(22)3/h7-14,21H,4-6,15-17H2,1-3H3,(H,26,29)/t21-/m1/s1. The zero-order valence-corrected chi connectivity index (χ0v) is 18.7. The van der Waals surface area contributed by atoms with E-state index in [-0.39, 0.29) is 18.4 Å². The third-order valence-corrected chi connectivity index (χ3v) is 5.18. The van der Waals surface area contributed by atoms with Gasteiger partial charge in [0.05, 0.1) is 0 Å². The molecule has 5 nitrogen and oxygen atoms in total. The predicted octanol–water partition coefficient (Wildman–Crippen LogP) is 4.75. The van der Waals surface area contributed by atoms with Crippen LogP contribution in [0.2, 0.25) is 5.02 Å². The summed E-state index contributed by atoms with van der Waals surface area (Å²) in [4.78, 5) is 27.5. The number of unbranched alkanes of at least 4 members (excludes halogenated alkanes) is 1. The minimum Gasteiger partial charge on any atom is -0.484 e. The van der Waals surface area contributed by atoms with Gasteiger partial charge in [0.25, 0.3) is 5.91 Å². The molecule has 30 heavy (non-hydrogen) atoms. The molecule has 0 radical (unpaired) electrons. The van der Waals surface area contributed by atoms with Crippen LogP contribution in [0.1, 0.15) is 44.2 Å². The number of nitrogens with zero attached hydrogens (tertiary/aromatic N) is 1. The van der Waals surface area contributed by atoms with Gasteiger partial charge in [-0.1, -0.05) is 62.2 Å². The second-order valence-electron chi connectivity index (χ2n) is 7.27. The van der Waals surface area contributed by atoms with E-state index >= 15 is 0 Å². The van der Waals surface area contributed by atoms with Gasteiger partial charge in [-0.2, -0.15) is 0 Å². The minimum atomic E-state index is -0.564. The van der Waals surface area contributed by atoms with E-state index in [1.165, 1.54) is 0 Å². The fourth-order valence-corrected chi connectivity index (χ4v) is 3.28. The summed E-state index contributed by atoms with van der Waals surface area (Å²) in [6.07, 6.45) is 2.42. The first-order valence-electron chi connectivity index (χ1n) is 10.5. The molecule has 0 heterocycles. The highest BCUT2D eigenvalue weighted by Gasteiger charge is 2.28. The van der Waals surface area contributed by atoms with Gasteiger partial charge >= 0.3 is 0 Å². The topological polar surface area (TPSA) is 58.6 Å². The van der Waals surface area contributed by atoms with Crippen LogP contribution >= 0.6 is 11.6 Å². The largest absolute Gasteiger partial charge is 0.484 e. The van der Waals surface area contributed by atoms with Crippen molar-refractivity contribution in [2.24, 2.45) is 0 Å². The van der Waals surface area contributed by atoms with Crippen LogP contribution < -0.4 is 10.1 Å². The van der Waals surface area contributed by atoms with Crippen molar-refractivity contribution in [2.45, 2.75) is 52.6 Å². The van der Waals surface area contributed by atoms with Gasteiger partial charge in [0.2, 0.25) is 5.91 Å². The van der Waals surface area contributed by atoms with Gasteiger partial charge < -0.3 is 15.0 Å². The van der Waals surface area contributed by atoms with Gasteiger partial charge in [-0.3, -0.25) is 9.59 Å². The lowest BCUT2D eigenvalue weighted by atomic mass is 10.1. The fraction of sp³-hybridized carbons (Fsp3) is 0.417. The first-order chi connectivity index (χ1) is 14.5. The normalized spacial score (nSPS) is 11.6. The lowest BCUT2D eigenvalue weighted by Crippen LogP contribution is -2.50. The number of para-hydroxylation sites is 1. The monoisotopic (exact) mass is 430 g/mol. The Morgan fingerprint density at radius 2 is 1.80 bits per heavy atom. The molecule has 0 saturated heterocycles. The van der Waals surface area contributed by atoms with E-state index in [0.717, 1.165) is 24.0 Å². The van der Waals surface area contributed by atoms with E-state index in [1.54, 1.807) is 17.0 Å². The van der Waals surface area contributed by atoms with Gasteiger partial charge in [-0.05, 0) is 49.1 Å². The molecular formula is C24H31ClN2O3. The van der Waals surface area contributed by atoms with Gasteiger partial charge in [0.15, 0.2) is 6.61 Å². The van der Waals surface area contributed by atoms with Crippen molar-refractivity contribution in [3.05, 3.63) is 64.7 Å². The quantitative estimate of drug-likeness (QED) is 0.523. The number of carbonyl (C=O) groups excluding carboxylic acids is 2. The molecule has 1 atom stereocenters. The summed E-state index contributed by atoms with van der Waals surface area (Å²) in [7, 11) is 0. The van der Waals surface area contributed by atoms with Crippen molar-refractivity contribution < 1.29 is 14.3 Å². The van der Waals surface area contributed by atoms with Crippen molar-refractivity contribution in [3.8, 4) is 5.75 Å². The number of amides is 2. The molecule has 0 unspecified atom stereocenters. The van der Waals surface area contributed by atoms with E-state index in [9.17, 15) is 9.59 Å². The zero-order valence-electron chi connectivity index (χ0n) is 18.0. The molecule has 2 amide bonds. The van der Waals surface area contributed by atoms with Gasteiger partial charge in [-0.25, -0.2) is 0 Å². The average Bonchev–Trinajstić information content (AvgIpc) is 2.74. The smallest absolute Gasteiger partial charge is 0.261 e. The first kappa shape index (κ1) is 23.7. The maximum absolute atomic E-state index is 13.1. The molecule has 2 aromatic carbocycles. The summed E-state index contributed by atoms with van der Waals surface area (Å²) >= 11 is 5.99. The van der Waals surface area contributed by atoms with E-state index < -0.39 is 6.04 Å². The number of rotatable bonds is 11. The van der Waals surface area contributed by atoms with E-state index in [2.05, 4.69) is 12.2 Å². The Hall–Kier alpha value is -2.53. The van der Waals surface area contributed by atoms with Gasteiger partial charge in [-0.15, -0.1) is 0 Å². The molecule has 0 spiro atoms. The average molecular weight is 431 g/mol. The van der Waals surface area contributed by atoms with Crippen molar-refractivity contribution >= 4 is 23.4 Å². The van der Waals surface area contributed by atoms with E-state index in [4.69, 9.17) is 16.3 Å². The molecule has 0 aliphatic rings. The number of hydrogen-bond acceptors (Lipinski definition) is 3. The SMILES string of the molecule is CCCCNC(=O)[C@@H](CC)N(Cc1ccc(Cl)cc1)C(=O)COc1ccccc1C. The second-order valence-corrected chi connectivity index (χ2v) is 7.71. The van der Waals surface area contributed by atoms with Crippen LogP contribution in [0.3, 0.4) is 0 Å². The summed E-state index contributed by atoms with van der Waals surface area (Å²) < 4.78 is 5.77. The van der Waals surface area contributed by atoms with Crippen molar-refractivity contribution in [1.29, 1.82) is 0 Å². The lowest BCUT2D eigenvalue weighted by molar-refractivity contribution is -0.143. The number of benzene rings is 2. The number of nitrogens with one attached hydrogen (secondary N) is 1. The number of carbonyl (C=O) groups is 2. The fourth-order valence-electron chi connectivity index (χ4n) is 3.15. The molecule has 6 heteroatoms. The Morgan fingerprint density at radius 1 is 1.10 bits per heavy atom. The van der Waals surface area contributed by atoms with E-state index in [1.807, 2.05) is 50.2 Å². The van der Waals surface area contributed by atoms with Crippen LogP contribution in [-0.2, 0) is 16.1 Å². The van der Waals surface area contributed by atoms with Crippen LogP contribution in [0.4, 0.5) is 0 Å². The van der Waals surface area contributed by atoms with Crippen LogP contribution in [0.5, 0.6) is 5.75 Å². The molecule has 2 rings (SSSR count). The van der Waals surface area contributed by atoms with Crippen LogP contribution in [0, 0.1) is 6.92 Å². The summed E-state index contributed by atoms with van der Waals surface area (Å²) in [6.45, 7) is 6.71. The molecule has 1 N–H and O–H groups in total. The summed E-state index contributed by atoms with van der Waals surface area (Å²) in [6, 6.07) is 14.3. The Bertz CT molecular complexity index is 823.